The number of nitrogens with one attached hydrogen (secondary N) is 1. The van der Waals surface area contributed by atoms with Crippen LogP contribution in [0.4, 0.5) is 5.69 Å². The van der Waals surface area contributed by atoms with Gasteiger partial charge < -0.3 is 10.2 Å². The van der Waals surface area contributed by atoms with E-state index < -0.39 is 0 Å². The maximum absolute atomic E-state index is 12.7. The average molecular weight is 367 g/mol. The third kappa shape index (κ3) is 5.39. The van der Waals surface area contributed by atoms with Gasteiger partial charge in [-0.3, -0.25) is 9.59 Å². The van der Waals surface area contributed by atoms with E-state index in [0.29, 0.717) is 24.7 Å². The molecule has 0 saturated heterocycles. The largest absolute Gasteiger partial charge is 0.337 e. The Morgan fingerprint density at radius 2 is 1.59 bits per heavy atom. The molecule has 0 atom stereocenters. The number of anilines is 1. The van der Waals surface area contributed by atoms with Crippen LogP contribution in [0, 0.1) is 0 Å². The molecule has 0 fully saturated rings. The molecule has 2 aromatic rings. The number of carbonyl (C=O) groups excluding carboxylic acids is 2. The van der Waals surface area contributed by atoms with E-state index >= 15 is 0 Å². The normalized spacial score (nSPS) is 10.7. The Morgan fingerprint density at radius 3 is 2.22 bits per heavy atom. The van der Waals surface area contributed by atoms with E-state index in [-0.39, 0.29) is 17.5 Å². The highest BCUT2D eigenvalue weighted by Crippen LogP contribution is 2.24. The number of nitrogens with zero attached hydrogens (tertiary/aromatic N) is 2. The second-order valence-electron chi connectivity index (χ2n) is 6.90. The van der Waals surface area contributed by atoms with E-state index in [1.165, 1.54) is 0 Å². The number of pyridine rings is 1. The maximum atomic E-state index is 12.7. The molecule has 0 unspecified atom stereocenters. The summed E-state index contributed by atoms with van der Waals surface area (Å²) in [6.07, 6.45) is 1.77. The zero-order chi connectivity index (χ0) is 19.8. The Bertz CT molecular complexity index is 781. The van der Waals surface area contributed by atoms with Gasteiger partial charge in [-0.2, -0.15) is 0 Å². The van der Waals surface area contributed by atoms with E-state index in [9.17, 15) is 9.59 Å². The quantitative estimate of drug-likeness (QED) is 0.734. The molecule has 0 aliphatic rings. The first-order valence-electron chi connectivity index (χ1n) is 9.64. The lowest BCUT2D eigenvalue weighted by atomic mass is 10.0. The molecule has 2 rings (SSSR count). The van der Waals surface area contributed by atoms with Gasteiger partial charge in [-0.15, -0.1) is 0 Å². The highest BCUT2D eigenvalue weighted by atomic mass is 16.2. The Morgan fingerprint density at radius 1 is 0.963 bits per heavy atom. The van der Waals surface area contributed by atoms with Gasteiger partial charge in [0.1, 0.15) is 11.4 Å². The molecule has 0 radical (unpaired) electrons. The van der Waals surface area contributed by atoms with Crippen molar-refractivity contribution in [3.8, 4) is 0 Å². The van der Waals surface area contributed by atoms with E-state index in [4.69, 9.17) is 0 Å². The van der Waals surface area contributed by atoms with Crippen LogP contribution in [0.5, 0.6) is 0 Å². The van der Waals surface area contributed by atoms with Crippen molar-refractivity contribution in [2.75, 3.05) is 18.4 Å². The van der Waals surface area contributed by atoms with Crippen molar-refractivity contribution in [3.05, 3.63) is 59.4 Å². The zero-order valence-corrected chi connectivity index (χ0v) is 16.7. The fourth-order valence-corrected chi connectivity index (χ4v) is 3.00. The summed E-state index contributed by atoms with van der Waals surface area (Å²) in [4.78, 5) is 31.5. The first-order chi connectivity index (χ1) is 13.0. The molecule has 0 bridgehead atoms. The van der Waals surface area contributed by atoms with Crippen molar-refractivity contribution in [1.29, 1.82) is 0 Å². The lowest BCUT2D eigenvalue weighted by Crippen LogP contribution is -2.33. The summed E-state index contributed by atoms with van der Waals surface area (Å²) in [6, 6.07) is 12.7. The van der Waals surface area contributed by atoms with Crippen molar-refractivity contribution in [2.45, 2.75) is 46.5 Å². The van der Waals surface area contributed by atoms with Gasteiger partial charge in [0.25, 0.3) is 11.8 Å². The minimum absolute atomic E-state index is 0.129. The lowest BCUT2D eigenvalue weighted by molar-refractivity contribution is 0.0749. The predicted molar refractivity (Wildman–Crippen MR) is 109 cm³/mol. The highest BCUT2D eigenvalue weighted by molar-refractivity contribution is 6.04. The summed E-state index contributed by atoms with van der Waals surface area (Å²) in [6.45, 7) is 9.62. The molecule has 0 saturated carbocycles. The summed E-state index contributed by atoms with van der Waals surface area (Å²) < 4.78 is 0. The Balaban J connectivity index is 2.22. The second-order valence-corrected chi connectivity index (χ2v) is 6.90. The third-order valence-electron chi connectivity index (χ3n) is 4.31. The number of benzene rings is 1. The van der Waals surface area contributed by atoms with Crippen LogP contribution in [0.15, 0.2) is 42.5 Å². The fourth-order valence-electron chi connectivity index (χ4n) is 3.00. The van der Waals surface area contributed by atoms with Crippen LogP contribution < -0.4 is 5.32 Å². The molecular formula is C22H29N3O2. The number of aromatic nitrogens is 1. The zero-order valence-electron chi connectivity index (χ0n) is 16.7. The summed E-state index contributed by atoms with van der Waals surface area (Å²) in [5, 5.41) is 2.93. The Labute approximate surface area is 161 Å². The smallest absolute Gasteiger partial charge is 0.274 e. The number of hydrogen-bond acceptors (Lipinski definition) is 3. The molecule has 144 valence electrons. The highest BCUT2D eigenvalue weighted by Gasteiger charge is 2.18. The minimum atomic E-state index is -0.310. The molecule has 27 heavy (non-hydrogen) atoms. The maximum Gasteiger partial charge on any atom is 0.274 e. The number of hydrogen-bond donors (Lipinski definition) is 1. The molecule has 5 nitrogen and oxygen atoms in total. The van der Waals surface area contributed by atoms with Gasteiger partial charge in [0, 0.05) is 18.8 Å². The van der Waals surface area contributed by atoms with Crippen molar-refractivity contribution in [2.24, 2.45) is 0 Å². The minimum Gasteiger partial charge on any atom is -0.337 e. The van der Waals surface area contributed by atoms with E-state index in [1.54, 1.807) is 23.1 Å². The molecule has 0 aliphatic carbocycles. The van der Waals surface area contributed by atoms with Gasteiger partial charge in [-0.25, -0.2) is 4.98 Å². The van der Waals surface area contributed by atoms with E-state index in [2.05, 4.69) is 24.1 Å². The topological polar surface area (TPSA) is 62.3 Å². The Kier molecular flexibility index (Phi) is 7.53. The van der Waals surface area contributed by atoms with Crippen molar-refractivity contribution >= 4 is 17.5 Å². The second kappa shape index (κ2) is 9.86. The molecular weight excluding hydrogens is 338 g/mol. The van der Waals surface area contributed by atoms with Crippen molar-refractivity contribution < 1.29 is 9.59 Å². The van der Waals surface area contributed by atoms with Crippen molar-refractivity contribution in [1.82, 2.24) is 9.88 Å². The van der Waals surface area contributed by atoms with Crippen LogP contribution >= 0.6 is 0 Å². The van der Waals surface area contributed by atoms with Crippen LogP contribution in [0.1, 0.15) is 73.0 Å². The molecule has 1 heterocycles. The van der Waals surface area contributed by atoms with Crippen LogP contribution in [0.2, 0.25) is 0 Å². The van der Waals surface area contributed by atoms with Gasteiger partial charge >= 0.3 is 0 Å². The van der Waals surface area contributed by atoms with Gasteiger partial charge in [-0.05, 0) is 42.5 Å². The Hall–Kier alpha value is -2.69. The van der Waals surface area contributed by atoms with Gasteiger partial charge in [-0.1, -0.05) is 52.0 Å². The van der Waals surface area contributed by atoms with E-state index in [0.717, 1.165) is 24.1 Å². The molecule has 1 aromatic carbocycles. The molecule has 1 aromatic heterocycles. The van der Waals surface area contributed by atoms with Gasteiger partial charge in [0.05, 0.1) is 0 Å². The number of rotatable bonds is 8. The fraction of sp³-hybridized carbons (Fsp3) is 0.409. The SMILES string of the molecule is CCCN(CCC)C(=O)c1cccc(C(=O)Nc2ccccc2C(C)C)n1. The van der Waals surface area contributed by atoms with E-state index in [1.807, 2.05) is 38.1 Å². The van der Waals surface area contributed by atoms with Crippen LogP contribution in [0.3, 0.4) is 0 Å². The summed E-state index contributed by atoms with van der Waals surface area (Å²) in [5.74, 6) is -0.148. The lowest BCUT2D eigenvalue weighted by Gasteiger charge is -2.21. The number of amides is 2. The molecule has 0 aliphatic heterocycles. The number of carbonyl (C=O) groups is 2. The van der Waals surface area contributed by atoms with Crippen LogP contribution in [0.25, 0.3) is 0 Å². The monoisotopic (exact) mass is 367 g/mol. The third-order valence-corrected chi connectivity index (χ3v) is 4.31. The molecule has 2 amide bonds. The first-order valence-corrected chi connectivity index (χ1v) is 9.64. The van der Waals surface area contributed by atoms with Gasteiger partial charge in [0.2, 0.25) is 0 Å². The molecule has 0 spiro atoms. The van der Waals surface area contributed by atoms with Gasteiger partial charge in [0.15, 0.2) is 0 Å². The molecule has 5 heteroatoms. The van der Waals surface area contributed by atoms with Crippen LogP contribution in [-0.2, 0) is 0 Å². The first kappa shape index (κ1) is 20.6. The summed E-state index contributed by atoms with van der Waals surface area (Å²) in [7, 11) is 0. The van der Waals surface area contributed by atoms with Crippen molar-refractivity contribution in [3.63, 3.8) is 0 Å². The summed E-state index contributed by atoms with van der Waals surface area (Å²) in [5.41, 5.74) is 2.39. The molecule has 1 N–H and O–H groups in total. The standard InChI is InChI=1S/C22H29N3O2/c1-5-14-25(15-6-2)22(27)20-13-9-12-19(23-20)21(26)24-18-11-8-7-10-17(18)16(3)4/h7-13,16H,5-6,14-15H2,1-4H3,(H,24,26). The predicted octanol–water partition coefficient (Wildman–Crippen LogP) is 4.72. The summed E-state index contributed by atoms with van der Waals surface area (Å²) >= 11 is 0. The number of para-hydroxylation sites is 1. The van der Waals surface area contributed by atoms with Crippen LogP contribution in [-0.4, -0.2) is 34.8 Å². The average Bonchev–Trinajstić information content (AvgIpc) is 2.67.